The van der Waals surface area contributed by atoms with Crippen molar-refractivity contribution in [3.8, 4) is 0 Å². The number of aryl methyl sites for hydroxylation is 1. The molecule has 3 aromatic heterocycles. The fraction of sp³-hybridized carbons (Fsp3) is 0.385. The number of amides is 1. The van der Waals surface area contributed by atoms with E-state index in [9.17, 15) is 13.2 Å². The Labute approximate surface area is 231 Å². The van der Waals surface area contributed by atoms with Crippen LogP contribution in [0.2, 0.25) is 0 Å². The SMILES string of the molecule is Cc1cc(Nc2nc(Sc3ccc(NC(=O)CN4CC[C@@H](S(=O)(=O)C(C)(C)C)C4)cc3)nc3cccn23)n[nH]1. The van der Waals surface area contributed by atoms with Crippen molar-refractivity contribution in [2.75, 3.05) is 30.3 Å². The van der Waals surface area contributed by atoms with Crippen LogP contribution in [0, 0.1) is 6.92 Å². The molecule has 0 radical (unpaired) electrons. The molecule has 1 aliphatic rings. The molecule has 1 amide bonds. The van der Waals surface area contributed by atoms with E-state index >= 15 is 0 Å². The van der Waals surface area contributed by atoms with Crippen LogP contribution in [0.25, 0.3) is 5.65 Å². The van der Waals surface area contributed by atoms with Crippen LogP contribution in [0.4, 0.5) is 17.5 Å². The van der Waals surface area contributed by atoms with Crippen LogP contribution in [-0.4, -0.2) is 73.4 Å². The zero-order valence-corrected chi connectivity index (χ0v) is 23.9. The van der Waals surface area contributed by atoms with Crippen molar-refractivity contribution in [3.63, 3.8) is 0 Å². The third-order valence-electron chi connectivity index (χ3n) is 6.55. The summed E-state index contributed by atoms with van der Waals surface area (Å²) >= 11 is 1.41. The quantitative estimate of drug-likeness (QED) is 0.289. The van der Waals surface area contributed by atoms with Crippen molar-refractivity contribution in [2.45, 2.75) is 54.2 Å². The maximum absolute atomic E-state index is 12.7. The summed E-state index contributed by atoms with van der Waals surface area (Å²) in [6.07, 6.45) is 2.43. The number of aromatic amines is 1. The molecule has 1 atom stereocenters. The third-order valence-corrected chi connectivity index (χ3v) is 10.4. The average Bonchev–Trinajstić information content (AvgIpc) is 3.61. The summed E-state index contributed by atoms with van der Waals surface area (Å²) in [6.45, 7) is 8.23. The van der Waals surface area contributed by atoms with Gasteiger partial charge in [0, 0.05) is 41.6 Å². The van der Waals surface area contributed by atoms with Crippen LogP contribution in [0.15, 0.2) is 58.7 Å². The molecule has 3 N–H and O–H groups in total. The van der Waals surface area contributed by atoms with Gasteiger partial charge >= 0.3 is 0 Å². The molecule has 13 heteroatoms. The van der Waals surface area contributed by atoms with Gasteiger partial charge in [-0.15, -0.1) is 0 Å². The minimum Gasteiger partial charge on any atom is -0.325 e. The summed E-state index contributed by atoms with van der Waals surface area (Å²) in [4.78, 5) is 24.8. The summed E-state index contributed by atoms with van der Waals surface area (Å²) in [5.41, 5.74) is 2.36. The Bertz CT molecular complexity index is 1590. The van der Waals surface area contributed by atoms with Crippen LogP contribution in [0.3, 0.4) is 0 Å². The first kappa shape index (κ1) is 27.2. The Hall–Kier alpha value is -3.42. The number of rotatable bonds is 8. The molecule has 206 valence electrons. The predicted octanol–water partition coefficient (Wildman–Crippen LogP) is 3.88. The number of H-pyrrole nitrogens is 1. The summed E-state index contributed by atoms with van der Waals surface area (Å²) < 4.78 is 26.5. The Morgan fingerprint density at radius 3 is 2.64 bits per heavy atom. The topological polar surface area (TPSA) is 137 Å². The van der Waals surface area contributed by atoms with Crippen LogP contribution in [-0.2, 0) is 14.6 Å². The van der Waals surface area contributed by atoms with E-state index in [1.54, 1.807) is 20.8 Å². The molecule has 4 heterocycles. The molecular weight excluding hydrogens is 536 g/mol. The molecule has 1 aliphatic heterocycles. The number of carbonyl (C=O) groups excluding carboxylic acids is 1. The largest absolute Gasteiger partial charge is 0.325 e. The number of nitrogens with zero attached hydrogens (tertiary/aromatic N) is 5. The number of sulfone groups is 1. The summed E-state index contributed by atoms with van der Waals surface area (Å²) in [5, 5.41) is 13.4. The highest BCUT2D eigenvalue weighted by atomic mass is 32.2. The number of likely N-dealkylation sites (tertiary alicyclic amines) is 1. The van der Waals surface area contributed by atoms with Crippen molar-refractivity contribution in [2.24, 2.45) is 0 Å². The van der Waals surface area contributed by atoms with Gasteiger partial charge in [-0.05, 0) is 82.3 Å². The van der Waals surface area contributed by atoms with Gasteiger partial charge in [0.15, 0.2) is 20.8 Å². The van der Waals surface area contributed by atoms with Crippen LogP contribution < -0.4 is 10.6 Å². The van der Waals surface area contributed by atoms with Gasteiger partial charge in [0.2, 0.25) is 11.9 Å². The van der Waals surface area contributed by atoms with Gasteiger partial charge in [0.05, 0.1) is 16.5 Å². The predicted molar refractivity (Wildman–Crippen MR) is 152 cm³/mol. The first-order valence-electron chi connectivity index (χ1n) is 12.7. The standard InChI is InChI=1S/C26H32N8O3S2/c1-17-14-21(32-31-17)28-24-30-25(29-22-6-5-12-34(22)24)38-19-9-7-18(8-10-19)27-23(35)16-33-13-11-20(15-33)39(36,37)26(2,3)4/h5-10,12,14,20H,11,13,15-16H2,1-4H3,(H,27,35)(H2,28,29,30,31,32)/t20-/m1/s1. The lowest BCUT2D eigenvalue weighted by Gasteiger charge is -2.24. The summed E-state index contributed by atoms with van der Waals surface area (Å²) in [7, 11) is -3.26. The maximum atomic E-state index is 12.7. The molecule has 1 saturated heterocycles. The van der Waals surface area contributed by atoms with Gasteiger partial charge in [-0.25, -0.2) is 13.4 Å². The van der Waals surface area contributed by atoms with E-state index < -0.39 is 19.8 Å². The summed E-state index contributed by atoms with van der Waals surface area (Å²) in [5.74, 6) is 1.09. The number of anilines is 3. The molecule has 1 aromatic carbocycles. The van der Waals surface area contributed by atoms with E-state index in [1.807, 2.05) is 64.9 Å². The molecule has 0 spiro atoms. The number of nitrogens with one attached hydrogen (secondary N) is 3. The van der Waals surface area contributed by atoms with Gasteiger partial charge in [-0.2, -0.15) is 10.1 Å². The molecule has 39 heavy (non-hydrogen) atoms. The number of hydrogen-bond acceptors (Lipinski definition) is 9. The lowest BCUT2D eigenvalue weighted by Crippen LogP contribution is -2.40. The molecule has 11 nitrogen and oxygen atoms in total. The fourth-order valence-corrected chi connectivity index (χ4v) is 7.03. The Balaban J connectivity index is 1.19. The second kappa shape index (κ2) is 10.6. The minimum atomic E-state index is -3.26. The average molecular weight is 569 g/mol. The smallest absolute Gasteiger partial charge is 0.238 e. The van der Waals surface area contributed by atoms with E-state index in [1.165, 1.54) is 11.8 Å². The van der Waals surface area contributed by atoms with Crippen molar-refractivity contribution in [1.82, 2.24) is 29.5 Å². The number of carbonyl (C=O) groups is 1. The van der Waals surface area contributed by atoms with E-state index in [0.717, 1.165) is 16.2 Å². The van der Waals surface area contributed by atoms with Gasteiger partial charge in [-0.3, -0.25) is 19.2 Å². The summed E-state index contributed by atoms with van der Waals surface area (Å²) in [6, 6.07) is 13.2. The van der Waals surface area contributed by atoms with Gasteiger partial charge in [0.25, 0.3) is 0 Å². The monoisotopic (exact) mass is 568 g/mol. The van der Waals surface area contributed by atoms with Crippen molar-refractivity contribution in [1.29, 1.82) is 0 Å². The molecule has 1 fully saturated rings. The van der Waals surface area contributed by atoms with Crippen LogP contribution >= 0.6 is 11.8 Å². The van der Waals surface area contributed by atoms with Crippen molar-refractivity contribution >= 4 is 50.6 Å². The number of aromatic nitrogens is 5. The minimum absolute atomic E-state index is 0.156. The first-order chi connectivity index (χ1) is 18.5. The van der Waals surface area contributed by atoms with Crippen molar-refractivity contribution in [3.05, 3.63) is 54.4 Å². The molecule has 4 aromatic rings. The Morgan fingerprint density at radius 1 is 1.18 bits per heavy atom. The fourth-order valence-electron chi connectivity index (χ4n) is 4.45. The third kappa shape index (κ3) is 6.10. The Morgan fingerprint density at radius 2 is 1.95 bits per heavy atom. The van der Waals surface area contributed by atoms with Gasteiger partial charge in [0.1, 0.15) is 5.65 Å². The second-order valence-electron chi connectivity index (χ2n) is 10.6. The Kier molecular flexibility index (Phi) is 7.40. The number of benzene rings is 1. The van der Waals surface area contributed by atoms with E-state index in [4.69, 9.17) is 0 Å². The molecule has 0 bridgehead atoms. The molecular formula is C26H32N8O3S2. The highest BCUT2D eigenvalue weighted by Crippen LogP contribution is 2.29. The van der Waals surface area contributed by atoms with E-state index in [0.29, 0.717) is 42.1 Å². The van der Waals surface area contributed by atoms with Gasteiger partial charge < -0.3 is 10.6 Å². The van der Waals surface area contributed by atoms with E-state index in [-0.39, 0.29) is 12.5 Å². The van der Waals surface area contributed by atoms with Gasteiger partial charge in [-0.1, -0.05) is 0 Å². The first-order valence-corrected chi connectivity index (χ1v) is 15.0. The highest BCUT2D eigenvalue weighted by Gasteiger charge is 2.40. The van der Waals surface area contributed by atoms with E-state index in [2.05, 4.69) is 30.8 Å². The van der Waals surface area contributed by atoms with Crippen LogP contribution in [0.1, 0.15) is 32.9 Å². The highest BCUT2D eigenvalue weighted by molar-refractivity contribution is 7.99. The normalized spacial score (nSPS) is 16.6. The zero-order chi connectivity index (χ0) is 27.8. The second-order valence-corrected chi connectivity index (χ2v) is 14.6. The molecule has 0 unspecified atom stereocenters. The lowest BCUT2D eigenvalue weighted by atomic mass is 10.3. The van der Waals surface area contributed by atoms with Crippen LogP contribution in [0.5, 0.6) is 0 Å². The van der Waals surface area contributed by atoms with Crippen molar-refractivity contribution < 1.29 is 13.2 Å². The molecule has 5 rings (SSSR count). The zero-order valence-electron chi connectivity index (χ0n) is 22.3. The molecule has 0 aliphatic carbocycles. The number of fused-ring (bicyclic) bond motifs is 1. The maximum Gasteiger partial charge on any atom is 0.238 e. The lowest BCUT2D eigenvalue weighted by molar-refractivity contribution is -0.117. The molecule has 0 saturated carbocycles. The number of hydrogen-bond donors (Lipinski definition) is 3.